The second-order valence-corrected chi connectivity index (χ2v) is 5.57. The Hall–Kier alpha value is -3.22. The summed E-state index contributed by atoms with van der Waals surface area (Å²) in [5.41, 5.74) is -0.692. The van der Waals surface area contributed by atoms with E-state index in [0.717, 1.165) is 17.7 Å². The van der Waals surface area contributed by atoms with Crippen LogP contribution in [0.15, 0.2) is 64.2 Å². The number of hydrogen-bond donors (Lipinski definition) is 2. The first kappa shape index (κ1) is 16.6. The first-order valence-corrected chi connectivity index (χ1v) is 7.58. The van der Waals surface area contributed by atoms with Crippen molar-refractivity contribution in [2.75, 3.05) is 5.32 Å². The molecule has 1 atom stereocenters. The lowest BCUT2D eigenvalue weighted by molar-refractivity contribution is 0.580. The molecule has 0 saturated carbocycles. The Morgan fingerprint density at radius 2 is 1.64 bits per heavy atom. The van der Waals surface area contributed by atoms with Gasteiger partial charge in [-0.3, -0.25) is 9.78 Å². The lowest BCUT2D eigenvalue weighted by atomic mass is 10.1. The van der Waals surface area contributed by atoms with E-state index in [2.05, 4.69) is 10.3 Å². The van der Waals surface area contributed by atoms with Gasteiger partial charge in [0.25, 0.3) is 5.56 Å². The van der Waals surface area contributed by atoms with E-state index in [0.29, 0.717) is 10.6 Å². The molecule has 3 rings (SSSR count). The van der Waals surface area contributed by atoms with E-state index in [-0.39, 0.29) is 17.5 Å². The quantitative estimate of drug-likeness (QED) is 0.765. The van der Waals surface area contributed by atoms with Crippen molar-refractivity contribution in [3.05, 3.63) is 92.6 Å². The van der Waals surface area contributed by atoms with E-state index < -0.39 is 22.9 Å². The maximum atomic E-state index is 13.3. The Kier molecular flexibility index (Phi) is 4.47. The maximum Gasteiger partial charge on any atom is 0.334 e. The number of halogens is 2. The zero-order chi connectivity index (χ0) is 18.0. The van der Waals surface area contributed by atoms with E-state index in [4.69, 9.17) is 0 Å². The van der Waals surface area contributed by atoms with Gasteiger partial charge in [-0.2, -0.15) is 0 Å². The van der Waals surface area contributed by atoms with Gasteiger partial charge in [-0.05, 0) is 24.6 Å². The standard InChI is InChI=1S/C18H15F2N3O2/c1-11(12-5-3-2-4-6-12)21-16-10-17(24)23(18(25)22-16)15-8-13(19)7-14(20)9-15/h2-11,21H,1H3,(H,22,25). The second-order valence-electron chi connectivity index (χ2n) is 5.57. The Bertz CT molecular complexity index is 961. The van der Waals surface area contributed by atoms with Crippen LogP contribution in [0, 0.1) is 11.6 Å². The molecule has 0 fully saturated rings. The summed E-state index contributed by atoms with van der Waals surface area (Å²) < 4.78 is 27.3. The van der Waals surface area contributed by atoms with E-state index in [1.165, 1.54) is 6.07 Å². The number of rotatable bonds is 4. The third-order valence-electron chi connectivity index (χ3n) is 3.71. The molecular weight excluding hydrogens is 328 g/mol. The van der Waals surface area contributed by atoms with Crippen LogP contribution in [0.5, 0.6) is 0 Å². The Morgan fingerprint density at radius 1 is 1.00 bits per heavy atom. The summed E-state index contributed by atoms with van der Waals surface area (Å²) in [6.07, 6.45) is 0. The Labute approximate surface area is 141 Å². The van der Waals surface area contributed by atoms with Crippen molar-refractivity contribution in [3.63, 3.8) is 0 Å². The summed E-state index contributed by atoms with van der Waals surface area (Å²) in [4.78, 5) is 27.0. The molecule has 0 saturated heterocycles. The van der Waals surface area contributed by atoms with Crippen molar-refractivity contribution in [1.29, 1.82) is 0 Å². The minimum Gasteiger partial charge on any atom is -0.365 e. The number of nitrogens with zero attached hydrogens (tertiary/aromatic N) is 1. The molecule has 3 aromatic rings. The van der Waals surface area contributed by atoms with Crippen molar-refractivity contribution in [2.45, 2.75) is 13.0 Å². The van der Waals surface area contributed by atoms with Crippen LogP contribution in [-0.4, -0.2) is 9.55 Å². The van der Waals surface area contributed by atoms with Gasteiger partial charge in [-0.25, -0.2) is 18.1 Å². The number of benzene rings is 2. The third-order valence-corrected chi connectivity index (χ3v) is 3.71. The first-order chi connectivity index (χ1) is 11.9. The lowest BCUT2D eigenvalue weighted by Gasteiger charge is -2.15. The molecule has 128 valence electrons. The van der Waals surface area contributed by atoms with Crippen molar-refractivity contribution in [3.8, 4) is 5.69 Å². The molecule has 0 aliphatic heterocycles. The molecule has 1 heterocycles. The van der Waals surface area contributed by atoms with Gasteiger partial charge in [0, 0.05) is 18.2 Å². The Balaban J connectivity index is 1.96. The van der Waals surface area contributed by atoms with Crippen molar-refractivity contribution in [2.24, 2.45) is 0 Å². The van der Waals surface area contributed by atoms with Crippen LogP contribution in [-0.2, 0) is 0 Å². The molecule has 7 heteroatoms. The largest absolute Gasteiger partial charge is 0.365 e. The summed E-state index contributed by atoms with van der Waals surface area (Å²) in [6.45, 7) is 1.88. The molecule has 0 spiro atoms. The summed E-state index contributed by atoms with van der Waals surface area (Å²) in [5, 5.41) is 3.02. The molecule has 1 aromatic heterocycles. The van der Waals surface area contributed by atoms with Gasteiger partial charge in [0.2, 0.25) is 0 Å². The maximum absolute atomic E-state index is 13.3. The van der Waals surface area contributed by atoms with Gasteiger partial charge in [0.05, 0.1) is 5.69 Å². The number of hydrogen-bond acceptors (Lipinski definition) is 3. The van der Waals surface area contributed by atoms with E-state index >= 15 is 0 Å². The van der Waals surface area contributed by atoms with Gasteiger partial charge in [0.1, 0.15) is 17.5 Å². The van der Waals surface area contributed by atoms with Crippen LogP contribution in [0.2, 0.25) is 0 Å². The highest BCUT2D eigenvalue weighted by Gasteiger charge is 2.11. The molecule has 0 radical (unpaired) electrons. The molecule has 0 bridgehead atoms. The molecule has 5 nitrogen and oxygen atoms in total. The van der Waals surface area contributed by atoms with Crippen LogP contribution >= 0.6 is 0 Å². The van der Waals surface area contributed by atoms with Crippen molar-refractivity contribution >= 4 is 5.82 Å². The second kappa shape index (κ2) is 6.72. The van der Waals surface area contributed by atoms with E-state index in [1.807, 2.05) is 37.3 Å². The smallest absolute Gasteiger partial charge is 0.334 e. The average Bonchev–Trinajstić information content (AvgIpc) is 2.54. The van der Waals surface area contributed by atoms with Crippen LogP contribution in [0.25, 0.3) is 5.69 Å². The highest BCUT2D eigenvalue weighted by atomic mass is 19.1. The monoisotopic (exact) mass is 343 g/mol. The average molecular weight is 343 g/mol. The molecule has 2 aromatic carbocycles. The van der Waals surface area contributed by atoms with Gasteiger partial charge in [0.15, 0.2) is 0 Å². The summed E-state index contributed by atoms with van der Waals surface area (Å²) in [6, 6.07) is 13.0. The minimum atomic E-state index is -0.874. The molecule has 25 heavy (non-hydrogen) atoms. The lowest BCUT2D eigenvalue weighted by Crippen LogP contribution is -2.34. The fourth-order valence-electron chi connectivity index (χ4n) is 2.54. The summed E-state index contributed by atoms with van der Waals surface area (Å²) in [5.74, 6) is -1.53. The van der Waals surface area contributed by atoms with Crippen LogP contribution in [0.4, 0.5) is 14.6 Å². The van der Waals surface area contributed by atoms with E-state index in [9.17, 15) is 18.4 Å². The third kappa shape index (κ3) is 3.65. The first-order valence-electron chi connectivity index (χ1n) is 7.58. The molecular formula is C18H15F2N3O2. The van der Waals surface area contributed by atoms with Crippen molar-refractivity contribution in [1.82, 2.24) is 9.55 Å². The highest BCUT2D eigenvalue weighted by Crippen LogP contribution is 2.16. The molecule has 0 amide bonds. The SMILES string of the molecule is CC(Nc1cc(=O)n(-c2cc(F)cc(F)c2)c(=O)[nH]1)c1ccccc1. The molecule has 1 unspecified atom stereocenters. The topological polar surface area (TPSA) is 66.9 Å². The minimum absolute atomic E-state index is 0.154. The van der Waals surface area contributed by atoms with Crippen LogP contribution in [0.1, 0.15) is 18.5 Å². The predicted molar refractivity (Wildman–Crippen MR) is 91.1 cm³/mol. The normalized spacial score (nSPS) is 12.0. The van der Waals surface area contributed by atoms with Gasteiger partial charge in [-0.1, -0.05) is 30.3 Å². The Morgan fingerprint density at radius 3 is 2.24 bits per heavy atom. The summed E-state index contributed by atoms with van der Waals surface area (Å²) >= 11 is 0. The van der Waals surface area contributed by atoms with Gasteiger partial charge >= 0.3 is 5.69 Å². The van der Waals surface area contributed by atoms with E-state index in [1.54, 1.807) is 0 Å². The van der Waals surface area contributed by atoms with Crippen LogP contribution < -0.4 is 16.6 Å². The number of anilines is 1. The molecule has 0 aliphatic rings. The highest BCUT2D eigenvalue weighted by molar-refractivity contribution is 5.39. The number of aromatic amines is 1. The summed E-state index contributed by atoms with van der Waals surface area (Å²) in [7, 11) is 0. The predicted octanol–water partition coefficient (Wildman–Crippen LogP) is 2.98. The molecule has 2 N–H and O–H groups in total. The molecule has 0 aliphatic carbocycles. The number of H-pyrrole nitrogens is 1. The fraction of sp³-hybridized carbons (Fsp3) is 0.111. The van der Waals surface area contributed by atoms with Crippen molar-refractivity contribution < 1.29 is 8.78 Å². The van der Waals surface area contributed by atoms with Gasteiger partial charge < -0.3 is 5.32 Å². The fourth-order valence-corrected chi connectivity index (χ4v) is 2.54. The van der Waals surface area contributed by atoms with Gasteiger partial charge in [-0.15, -0.1) is 0 Å². The number of nitrogens with one attached hydrogen (secondary N) is 2. The number of aromatic nitrogens is 2. The zero-order valence-electron chi connectivity index (χ0n) is 13.3. The van der Waals surface area contributed by atoms with Crippen LogP contribution in [0.3, 0.4) is 0 Å². The zero-order valence-corrected chi connectivity index (χ0v) is 13.3.